The highest BCUT2D eigenvalue weighted by Crippen LogP contribution is 2.38. The smallest absolute Gasteiger partial charge is 0.333 e. The summed E-state index contributed by atoms with van der Waals surface area (Å²) < 4.78 is 11.0. The number of esters is 1. The largest absolute Gasteiger partial charge is 0.467 e. The molecule has 0 heterocycles. The van der Waals surface area contributed by atoms with Gasteiger partial charge in [0.25, 0.3) is 0 Å². The van der Waals surface area contributed by atoms with E-state index in [2.05, 4.69) is 47.7 Å². The van der Waals surface area contributed by atoms with E-state index in [1.807, 2.05) is 0 Å². The number of hydrogen-bond donors (Lipinski definition) is 0. The van der Waals surface area contributed by atoms with Gasteiger partial charge in [-0.15, -0.1) is 0 Å². The van der Waals surface area contributed by atoms with Gasteiger partial charge in [-0.05, 0) is 30.5 Å². The molecule has 102 valence electrons. The number of methoxy groups -OCH3 is 1. The maximum Gasteiger partial charge on any atom is 0.333 e. The van der Waals surface area contributed by atoms with Crippen LogP contribution in [0.5, 0.6) is 0 Å². The third-order valence-corrected chi connectivity index (χ3v) is 7.88. The summed E-state index contributed by atoms with van der Waals surface area (Å²) in [6.45, 7) is 15.0. The lowest BCUT2D eigenvalue weighted by Gasteiger charge is -2.38. The Bertz CT molecular complexity index is 254. The topological polar surface area (TPSA) is 35.5 Å². The first kappa shape index (κ1) is 16.6. The van der Waals surface area contributed by atoms with Crippen LogP contribution in [0.1, 0.15) is 41.0 Å². The quantitative estimate of drug-likeness (QED) is 0.560. The average Bonchev–Trinajstić information content (AvgIpc) is 2.12. The van der Waals surface area contributed by atoms with Crippen LogP contribution in [0.3, 0.4) is 0 Å². The highest BCUT2D eigenvalue weighted by atomic mass is 28.4. The van der Waals surface area contributed by atoms with E-state index < -0.39 is 14.4 Å². The molecule has 0 aromatic rings. The summed E-state index contributed by atoms with van der Waals surface area (Å²) in [5.41, 5.74) is 0. The standard InChI is InChI=1S/C13H28O3Si/c1-10(2)9-11(12(14)15-6)16-17(7,8)13(3,4)5/h10-11H,9H2,1-8H3/t11-/m0/s1. The van der Waals surface area contributed by atoms with Gasteiger partial charge in [-0.2, -0.15) is 0 Å². The lowest BCUT2D eigenvalue weighted by atomic mass is 10.1. The molecule has 3 nitrogen and oxygen atoms in total. The number of carbonyl (C=O) groups excluding carboxylic acids is 1. The van der Waals surface area contributed by atoms with Crippen molar-refractivity contribution in [3.8, 4) is 0 Å². The third-order valence-electron chi connectivity index (χ3n) is 3.39. The molecule has 0 radical (unpaired) electrons. The van der Waals surface area contributed by atoms with Crippen molar-refractivity contribution >= 4 is 14.3 Å². The van der Waals surface area contributed by atoms with Crippen LogP contribution < -0.4 is 0 Å². The van der Waals surface area contributed by atoms with E-state index in [9.17, 15) is 4.79 Å². The minimum atomic E-state index is -1.91. The van der Waals surface area contributed by atoms with Crippen molar-refractivity contribution in [2.75, 3.05) is 7.11 Å². The van der Waals surface area contributed by atoms with Crippen molar-refractivity contribution in [3.63, 3.8) is 0 Å². The number of hydrogen-bond acceptors (Lipinski definition) is 3. The van der Waals surface area contributed by atoms with Gasteiger partial charge in [0, 0.05) is 0 Å². The van der Waals surface area contributed by atoms with Crippen LogP contribution >= 0.6 is 0 Å². The molecule has 17 heavy (non-hydrogen) atoms. The molecule has 0 saturated carbocycles. The predicted molar refractivity (Wildman–Crippen MR) is 73.5 cm³/mol. The molecular formula is C13H28O3Si. The average molecular weight is 260 g/mol. The molecule has 0 amide bonds. The molecule has 0 aliphatic rings. The second-order valence-electron chi connectivity index (χ2n) is 6.52. The monoisotopic (exact) mass is 260 g/mol. The van der Waals surface area contributed by atoms with Crippen LogP contribution in [0.15, 0.2) is 0 Å². The maximum atomic E-state index is 11.7. The first-order valence-corrected chi connectivity index (χ1v) is 9.17. The van der Waals surface area contributed by atoms with Crippen LogP contribution in [0.25, 0.3) is 0 Å². The van der Waals surface area contributed by atoms with Crippen LogP contribution in [-0.2, 0) is 14.0 Å². The van der Waals surface area contributed by atoms with E-state index in [4.69, 9.17) is 9.16 Å². The molecule has 0 spiro atoms. The highest BCUT2D eigenvalue weighted by Gasteiger charge is 2.41. The fourth-order valence-electron chi connectivity index (χ4n) is 1.28. The predicted octanol–water partition coefficient (Wildman–Crippen LogP) is 3.60. The van der Waals surface area contributed by atoms with Crippen LogP contribution in [0, 0.1) is 5.92 Å². The van der Waals surface area contributed by atoms with Gasteiger partial charge in [0.1, 0.15) is 6.10 Å². The Morgan fingerprint density at radius 1 is 1.24 bits per heavy atom. The van der Waals surface area contributed by atoms with Crippen molar-refractivity contribution in [3.05, 3.63) is 0 Å². The zero-order chi connectivity index (χ0) is 13.9. The van der Waals surface area contributed by atoms with Gasteiger partial charge in [0.2, 0.25) is 0 Å². The molecule has 4 heteroatoms. The summed E-state index contributed by atoms with van der Waals surface area (Å²) in [6, 6.07) is 0. The number of ether oxygens (including phenoxy) is 1. The van der Waals surface area contributed by atoms with Gasteiger partial charge in [0.05, 0.1) is 7.11 Å². The summed E-state index contributed by atoms with van der Waals surface area (Å²) in [6.07, 6.45) is 0.306. The van der Waals surface area contributed by atoms with Gasteiger partial charge >= 0.3 is 5.97 Å². The zero-order valence-corrected chi connectivity index (χ0v) is 13.6. The Balaban J connectivity index is 4.80. The first-order valence-electron chi connectivity index (χ1n) is 6.27. The summed E-state index contributed by atoms with van der Waals surface area (Å²) in [5, 5.41) is 0.107. The van der Waals surface area contributed by atoms with Crippen molar-refractivity contribution in [2.45, 2.75) is 65.3 Å². The van der Waals surface area contributed by atoms with E-state index in [-0.39, 0.29) is 11.0 Å². The molecular weight excluding hydrogens is 232 g/mol. The van der Waals surface area contributed by atoms with Crippen molar-refractivity contribution in [2.24, 2.45) is 5.92 Å². The molecule has 1 atom stereocenters. The molecule has 0 aromatic carbocycles. The first-order chi connectivity index (χ1) is 7.51. The molecule has 0 aliphatic heterocycles. The van der Waals surface area contributed by atoms with Crippen LogP contribution in [-0.4, -0.2) is 27.5 Å². The van der Waals surface area contributed by atoms with E-state index in [0.29, 0.717) is 5.92 Å². The van der Waals surface area contributed by atoms with Gasteiger partial charge in [-0.3, -0.25) is 0 Å². The fraction of sp³-hybridized carbons (Fsp3) is 0.923. The van der Waals surface area contributed by atoms with E-state index in [1.54, 1.807) is 0 Å². The Kier molecular flexibility index (Phi) is 5.88. The van der Waals surface area contributed by atoms with E-state index >= 15 is 0 Å². The number of carbonyl (C=O) groups is 1. The second-order valence-corrected chi connectivity index (χ2v) is 11.3. The van der Waals surface area contributed by atoms with Gasteiger partial charge in [0.15, 0.2) is 8.32 Å². The van der Waals surface area contributed by atoms with Gasteiger partial charge in [-0.1, -0.05) is 34.6 Å². The van der Waals surface area contributed by atoms with Gasteiger partial charge in [-0.25, -0.2) is 4.79 Å². The SMILES string of the molecule is COC(=O)[C@H](CC(C)C)O[Si](C)(C)C(C)(C)C. The minimum absolute atomic E-state index is 0.107. The Morgan fingerprint density at radius 2 is 1.71 bits per heavy atom. The molecule has 0 unspecified atom stereocenters. The Hall–Kier alpha value is -0.353. The van der Waals surface area contributed by atoms with Crippen molar-refractivity contribution in [1.82, 2.24) is 0 Å². The fourth-order valence-corrected chi connectivity index (χ4v) is 2.54. The molecule has 0 aromatic heterocycles. The van der Waals surface area contributed by atoms with Crippen molar-refractivity contribution in [1.29, 1.82) is 0 Å². The summed E-state index contributed by atoms with van der Waals surface area (Å²) in [5.74, 6) is 0.174. The van der Waals surface area contributed by atoms with E-state index in [0.717, 1.165) is 6.42 Å². The summed E-state index contributed by atoms with van der Waals surface area (Å²) >= 11 is 0. The Labute approximate surface area is 107 Å². The number of rotatable bonds is 5. The minimum Gasteiger partial charge on any atom is -0.467 e. The summed E-state index contributed by atoms with van der Waals surface area (Å²) in [4.78, 5) is 11.7. The highest BCUT2D eigenvalue weighted by molar-refractivity contribution is 6.74. The van der Waals surface area contributed by atoms with E-state index in [1.165, 1.54) is 7.11 Å². The second kappa shape index (κ2) is 6.00. The zero-order valence-electron chi connectivity index (χ0n) is 12.6. The van der Waals surface area contributed by atoms with Crippen LogP contribution in [0.4, 0.5) is 0 Å². The molecule has 0 N–H and O–H groups in total. The molecule has 0 rings (SSSR count). The molecule has 0 saturated heterocycles. The van der Waals surface area contributed by atoms with Gasteiger partial charge < -0.3 is 9.16 Å². The molecule has 0 fully saturated rings. The third kappa shape index (κ3) is 5.21. The summed E-state index contributed by atoms with van der Waals surface area (Å²) in [7, 11) is -0.493. The Morgan fingerprint density at radius 3 is 2.00 bits per heavy atom. The van der Waals surface area contributed by atoms with Crippen LogP contribution in [0.2, 0.25) is 18.1 Å². The maximum absolute atomic E-state index is 11.7. The lowest BCUT2D eigenvalue weighted by Crippen LogP contribution is -2.46. The molecule has 0 aliphatic carbocycles. The molecule has 0 bridgehead atoms. The normalized spacial score (nSPS) is 14.9. The lowest BCUT2D eigenvalue weighted by molar-refractivity contribution is -0.150. The van der Waals surface area contributed by atoms with Crippen molar-refractivity contribution < 1.29 is 14.0 Å².